The fraction of sp³-hybridized carbons (Fsp3) is 0.250. The normalized spacial score (nSPS) is 13.6. The molecule has 1 aromatic carbocycles. The number of benzene rings is 1. The highest BCUT2D eigenvalue weighted by Crippen LogP contribution is 2.38. The Kier molecular flexibility index (Phi) is 3.71. The molecule has 0 radical (unpaired) electrons. The van der Waals surface area contributed by atoms with Gasteiger partial charge in [0.05, 0.1) is 36.7 Å². The summed E-state index contributed by atoms with van der Waals surface area (Å²) in [6.07, 6.45) is 3.38. The number of methoxy groups -OCH3 is 1. The summed E-state index contributed by atoms with van der Waals surface area (Å²) >= 11 is 0. The summed E-state index contributed by atoms with van der Waals surface area (Å²) in [4.78, 5) is 26.6. The van der Waals surface area contributed by atoms with Gasteiger partial charge in [0.25, 0.3) is 0 Å². The number of rotatable bonds is 3. The van der Waals surface area contributed by atoms with E-state index in [1.807, 2.05) is 18.2 Å². The number of likely N-dealkylation sites (N-methyl/N-ethyl adjacent to an activating group) is 1. The first-order chi connectivity index (χ1) is 13.7. The Hall–Kier alpha value is -3.55. The molecule has 0 fully saturated rings. The lowest BCUT2D eigenvalue weighted by Crippen LogP contribution is -2.32. The second-order valence-corrected chi connectivity index (χ2v) is 6.58. The van der Waals surface area contributed by atoms with E-state index in [0.29, 0.717) is 29.2 Å². The molecule has 0 saturated heterocycles. The summed E-state index contributed by atoms with van der Waals surface area (Å²) in [7, 11) is 1.58. The van der Waals surface area contributed by atoms with Crippen molar-refractivity contribution in [1.82, 2.24) is 19.5 Å². The molecule has 5 rings (SSSR count). The van der Waals surface area contributed by atoms with E-state index < -0.39 is 0 Å². The number of nitrogens with one attached hydrogen (secondary N) is 1. The number of imidazole rings is 1. The zero-order valence-corrected chi connectivity index (χ0v) is 15.6. The Morgan fingerprint density at radius 1 is 1.29 bits per heavy atom. The fourth-order valence-electron chi connectivity index (χ4n) is 3.83. The van der Waals surface area contributed by atoms with Crippen LogP contribution >= 0.6 is 0 Å². The fourth-order valence-corrected chi connectivity index (χ4v) is 3.83. The third-order valence-electron chi connectivity index (χ3n) is 5.12. The van der Waals surface area contributed by atoms with Crippen molar-refractivity contribution in [3.63, 3.8) is 0 Å². The summed E-state index contributed by atoms with van der Waals surface area (Å²) < 4.78 is 12.9. The number of pyridine rings is 2. The lowest BCUT2D eigenvalue weighted by atomic mass is 10.1. The Balaban J connectivity index is 1.81. The molecule has 8 heteroatoms. The van der Waals surface area contributed by atoms with Crippen LogP contribution in [-0.2, 0) is 0 Å². The Labute approximate surface area is 160 Å². The summed E-state index contributed by atoms with van der Waals surface area (Å²) in [6.45, 7) is 4.44. The number of anilines is 1. The van der Waals surface area contributed by atoms with Gasteiger partial charge < -0.3 is 14.4 Å². The summed E-state index contributed by atoms with van der Waals surface area (Å²) in [6, 6.07) is 7.51. The van der Waals surface area contributed by atoms with Gasteiger partial charge in [-0.3, -0.25) is 14.5 Å². The van der Waals surface area contributed by atoms with E-state index in [9.17, 15) is 4.79 Å². The topological polar surface area (TPSA) is 85.3 Å². The zero-order chi connectivity index (χ0) is 19.3. The molecule has 3 aromatic heterocycles. The Morgan fingerprint density at radius 3 is 3.00 bits per heavy atom. The summed E-state index contributed by atoms with van der Waals surface area (Å²) in [5.74, 6) is 1.35. The molecular formula is C20H19N5O3. The van der Waals surface area contributed by atoms with E-state index in [0.717, 1.165) is 35.4 Å². The van der Waals surface area contributed by atoms with Crippen molar-refractivity contribution < 1.29 is 9.47 Å². The maximum absolute atomic E-state index is 12.7. The highest BCUT2D eigenvalue weighted by Gasteiger charge is 2.22. The Bertz CT molecular complexity index is 1260. The molecule has 0 bridgehead atoms. The van der Waals surface area contributed by atoms with E-state index >= 15 is 0 Å². The summed E-state index contributed by atoms with van der Waals surface area (Å²) in [5, 5.41) is 0.945. The first kappa shape index (κ1) is 16.6. The molecule has 0 unspecified atom stereocenters. The molecule has 0 saturated carbocycles. The van der Waals surface area contributed by atoms with Crippen molar-refractivity contribution in [2.75, 3.05) is 31.7 Å². The van der Waals surface area contributed by atoms with Crippen LogP contribution in [-0.4, -0.2) is 46.3 Å². The number of nitrogens with zero attached hydrogens (tertiary/aromatic N) is 4. The van der Waals surface area contributed by atoms with Gasteiger partial charge >= 0.3 is 5.69 Å². The molecule has 0 spiro atoms. The minimum Gasteiger partial charge on any atom is -0.494 e. The number of hydrogen-bond acceptors (Lipinski definition) is 6. The molecule has 4 aromatic rings. The van der Waals surface area contributed by atoms with Gasteiger partial charge in [0.15, 0.2) is 11.4 Å². The average Bonchev–Trinajstić information content (AvgIpc) is 3.08. The second kappa shape index (κ2) is 6.26. The summed E-state index contributed by atoms with van der Waals surface area (Å²) in [5.41, 5.74) is 3.40. The molecule has 4 heterocycles. The zero-order valence-electron chi connectivity index (χ0n) is 15.6. The predicted octanol–water partition coefficient (Wildman–Crippen LogP) is 2.49. The SMILES string of the molecule is CCN1CCOc2cnc3ccc(-n4c(=O)[nH]c5nccc(OC)c54)cc3c21. The lowest BCUT2D eigenvalue weighted by molar-refractivity contribution is 0.308. The first-order valence-electron chi connectivity index (χ1n) is 9.16. The maximum Gasteiger partial charge on any atom is 0.332 e. The van der Waals surface area contributed by atoms with Gasteiger partial charge in [-0.2, -0.15) is 0 Å². The number of ether oxygens (including phenoxy) is 2. The molecule has 1 aliphatic rings. The van der Waals surface area contributed by atoms with Crippen LogP contribution in [0.4, 0.5) is 5.69 Å². The number of hydrogen-bond donors (Lipinski definition) is 1. The van der Waals surface area contributed by atoms with Crippen LogP contribution in [0.2, 0.25) is 0 Å². The molecule has 0 amide bonds. The van der Waals surface area contributed by atoms with E-state index in [2.05, 4.69) is 26.8 Å². The molecule has 142 valence electrons. The van der Waals surface area contributed by atoms with Gasteiger partial charge in [-0.05, 0) is 25.1 Å². The van der Waals surface area contributed by atoms with Gasteiger partial charge in [0.2, 0.25) is 0 Å². The monoisotopic (exact) mass is 377 g/mol. The van der Waals surface area contributed by atoms with Crippen molar-refractivity contribution in [3.8, 4) is 17.2 Å². The molecular weight excluding hydrogens is 358 g/mol. The van der Waals surface area contributed by atoms with Crippen LogP contribution in [0.5, 0.6) is 11.5 Å². The van der Waals surface area contributed by atoms with Gasteiger partial charge in [-0.1, -0.05) is 0 Å². The van der Waals surface area contributed by atoms with Crippen LogP contribution in [0.25, 0.3) is 27.8 Å². The van der Waals surface area contributed by atoms with E-state index in [4.69, 9.17) is 9.47 Å². The van der Waals surface area contributed by atoms with Gasteiger partial charge in [0, 0.05) is 24.2 Å². The van der Waals surface area contributed by atoms with Crippen molar-refractivity contribution >= 4 is 27.8 Å². The van der Waals surface area contributed by atoms with Crippen LogP contribution in [0.3, 0.4) is 0 Å². The van der Waals surface area contributed by atoms with E-state index in [1.54, 1.807) is 30.1 Å². The van der Waals surface area contributed by atoms with Crippen LogP contribution < -0.4 is 20.1 Å². The number of H-pyrrole nitrogens is 1. The van der Waals surface area contributed by atoms with Crippen molar-refractivity contribution in [3.05, 3.63) is 47.1 Å². The third-order valence-corrected chi connectivity index (χ3v) is 5.12. The number of fused-ring (bicyclic) bond motifs is 4. The van der Waals surface area contributed by atoms with Gasteiger partial charge in [-0.15, -0.1) is 0 Å². The van der Waals surface area contributed by atoms with Crippen molar-refractivity contribution in [2.24, 2.45) is 0 Å². The van der Waals surface area contributed by atoms with Gasteiger partial charge in [0.1, 0.15) is 17.9 Å². The molecule has 1 aliphatic heterocycles. The van der Waals surface area contributed by atoms with E-state index in [1.165, 1.54) is 0 Å². The third kappa shape index (κ3) is 2.34. The quantitative estimate of drug-likeness (QED) is 0.590. The minimum atomic E-state index is -0.271. The first-order valence-corrected chi connectivity index (χ1v) is 9.16. The molecule has 0 atom stereocenters. The number of aromatic amines is 1. The van der Waals surface area contributed by atoms with Crippen LogP contribution in [0.1, 0.15) is 6.92 Å². The molecule has 8 nitrogen and oxygen atoms in total. The number of aromatic nitrogens is 4. The van der Waals surface area contributed by atoms with E-state index in [-0.39, 0.29) is 5.69 Å². The standard InChI is InChI=1S/C20H19N5O3/c1-3-24-8-9-28-16-11-22-14-5-4-12(10-13(14)17(16)24)25-18-15(27-2)6-7-21-19(18)23-20(25)26/h4-7,10-11H,3,8-9H2,1-2H3,(H,21,23,26). The maximum atomic E-state index is 12.7. The van der Waals surface area contributed by atoms with Gasteiger partial charge in [-0.25, -0.2) is 9.78 Å². The van der Waals surface area contributed by atoms with Crippen molar-refractivity contribution in [1.29, 1.82) is 0 Å². The highest BCUT2D eigenvalue weighted by molar-refractivity contribution is 5.96. The molecule has 0 aliphatic carbocycles. The Morgan fingerprint density at radius 2 is 2.18 bits per heavy atom. The van der Waals surface area contributed by atoms with Crippen LogP contribution in [0.15, 0.2) is 41.5 Å². The predicted molar refractivity (Wildman–Crippen MR) is 107 cm³/mol. The largest absolute Gasteiger partial charge is 0.494 e. The average molecular weight is 377 g/mol. The second-order valence-electron chi connectivity index (χ2n) is 6.58. The van der Waals surface area contributed by atoms with Crippen molar-refractivity contribution in [2.45, 2.75) is 6.92 Å². The van der Waals surface area contributed by atoms with Crippen LogP contribution in [0, 0.1) is 0 Å². The smallest absolute Gasteiger partial charge is 0.332 e. The lowest BCUT2D eigenvalue weighted by Gasteiger charge is -2.31. The molecule has 28 heavy (non-hydrogen) atoms. The highest BCUT2D eigenvalue weighted by atomic mass is 16.5. The molecule has 1 N–H and O–H groups in total. The minimum absolute atomic E-state index is 0.271.